The van der Waals surface area contributed by atoms with E-state index in [1.54, 1.807) is 23.5 Å². The molecule has 0 amide bonds. The SMILES string of the molecule is C=C1CN(S(=O)(=O)c2ccc(N(C)C)cc2)CCCN(CC2CCCCC2)CCCN(S(=O)(=O)N2CCc3cc(OC)ccc3C2)C1. The Labute approximate surface area is 283 Å². The van der Waals surface area contributed by atoms with Crippen molar-refractivity contribution in [2.24, 2.45) is 5.92 Å². The van der Waals surface area contributed by atoms with Gasteiger partial charge in [0.15, 0.2) is 0 Å². The third-order valence-corrected chi connectivity index (χ3v) is 13.6. The van der Waals surface area contributed by atoms with Crippen LogP contribution in [0.3, 0.4) is 0 Å². The van der Waals surface area contributed by atoms with Crippen LogP contribution in [-0.2, 0) is 33.2 Å². The van der Waals surface area contributed by atoms with E-state index >= 15 is 0 Å². The molecular weight excluding hydrogens is 635 g/mol. The maximum atomic E-state index is 14.3. The van der Waals surface area contributed by atoms with E-state index in [1.165, 1.54) is 40.7 Å². The fourth-order valence-electron chi connectivity index (χ4n) is 7.14. The normalized spacial score (nSPS) is 21.0. The molecule has 12 heteroatoms. The molecule has 0 unspecified atom stereocenters. The van der Waals surface area contributed by atoms with Gasteiger partial charge in [0.25, 0.3) is 10.2 Å². The molecule has 1 saturated carbocycles. The Bertz CT molecular complexity index is 1570. The first kappa shape index (κ1) is 35.8. The minimum absolute atomic E-state index is 0.0645. The summed E-state index contributed by atoms with van der Waals surface area (Å²) in [6.45, 7) is 8.26. The second-order valence-electron chi connectivity index (χ2n) is 13.5. The Morgan fingerprint density at radius 1 is 0.766 bits per heavy atom. The van der Waals surface area contributed by atoms with E-state index in [0.717, 1.165) is 42.2 Å². The van der Waals surface area contributed by atoms with Crippen molar-refractivity contribution >= 4 is 25.9 Å². The van der Waals surface area contributed by atoms with Gasteiger partial charge in [-0.2, -0.15) is 21.3 Å². The molecule has 260 valence electrons. The highest BCUT2D eigenvalue weighted by Crippen LogP contribution is 2.28. The van der Waals surface area contributed by atoms with Gasteiger partial charge in [-0.3, -0.25) is 0 Å². The number of rotatable bonds is 8. The van der Waals surface area contributed by atoms with Crippen molar-refractivity contribution in [3.8, 4) is 5.75 Å². The van der Waals surface area contributed by atoms with Crippen LogP contribution in [0, 0.1) is 5.92 Å². The number of ether oxygens (including phenoxy) is 1. The Hall–Kier alpha value is -2.48. The van der Waals surface area contributed by atoms with Gasteiger partial charge in [0.05, 0.1) is 12.0 Å². The Kier molecular flexibility index (Phi) is 12.1. The summed E-state index contributed by atoms with van der Waals surface area (Å²) in [6.07, 6.45) is 8.29. The van der Waals surface area contributed by atoms with Crippen molar-refractivity contribution < 1.29 is 21.6 Å². The van der Waals surface area contributed by atoms with Crippen LogP contribution in [0.5, 0.6) is 5.75 Å². The monoisotopic (exact) mass is 687 g/mol. The molecule has 1 aliphatic carbocycles. The number of nitrogens with zero attached hydrogens (tertiary/aromatic N) is 5. The zero-order valence-corrected chi connectivity index (χ0v) is 30.1. The first-order valence-corrected chi connectivity index (χ1v) is 19.9. The number of sulfonamides is 1. The molecule has 5 rings (SSSR count). The molecule has 2 heterocycles. The number of methoxy groups -OCH3 is 1. The lowest BCUT2D eigenvalue weighted by Crippen LogP contribution is -2.48. The van der Waals surface area contributed by atoms with Gasteiger partial charge in [0.1, 0.15) is 5.75 Å². The standard InChI is InChI=1S/C35H53N5O5S2/c1-29-25-38(46(41,42)35-16-13-33(14-17-35)36(2)3)21-8-19-37(27-30-10-6-5-7-11-30)20-9-22-39(26-29)47(43,44)40-23-18-31-24-34(45-4)15-12-32(31)28-40/h12-17,24,30H,1,5-11,18-23,25-28H2,2-4H3. The Morgan fingerprint density at radius 3 is 2.06 bits per heavy atom. The number of anilines is 1. The van der Waals surface area contributed by atoms with E-state index in [0.29, 0.717) is 56.9 Å². The second-order valence-corrected chi connectivity index (χ2v) is 17.4. The van der Waals surface area contributed by atoms with E-state index in [1.807, 2.05) is 49.3 Å². The average molecular weight is 688 g/mol. The maximum absolute atomic E-state index is 14.3. The number of benzene rings is 2. The van der Waals surface area contributed by atoms with Crippen molar-refractivity contribution in [3.05, 3.63) is 65.7 Å². The van der Waals surface area contributed by atoms with Crippen molar-refractivity contribution in [2.45, 2.75) is 62.8 Å². The molecule has 2 aromatic carbocycles. The van der Waals surface area contributed by atoms with Crippen LogP contribution in [0.15, 0.2) is 59.5 Å². The molecule has 2 fully saturated rings. The summed E-state index contributed by atoms with van der Waals surface area (Å²) in [5, 5.41) is 0. The highest BCUT2D eigenvalue weighted by atomic mass is 32.2. The van der Waals surface area contributed by atoms with Crippen LogP contribution in [0.25, 0.3) is 0 Å². The van der Waals surface area contributed by atoms with Crippen LogP contribution in [-0.4, -0.2) is 108 Å². The number of hydrogen-bond donors (Lipinski definition) is 0. The fourth-order valence-corrected chi connectivity index (χ4v) is 10.3. The van der Waals surface area contributed by atoms with Crippen LogP contribution in [0.4, 0.5) is 5.69 Å². The summed E-state index contributed by atoms with van der Waals surface area (Å²) in [5.41, 5.74) is 3.56. The van der Waals surface area contributed by atoms with Crippen molar-refractivity contribution in [1.29, 1.82) is 0 Å². The lowest BCUT2D eigenvalue weighted by Gasteiger charge is -2.35. The quantitative estimate of drug-likeness (QED) is 0.375. The number of hydrogen-bond acceptors (Lipinski definition) is 7. The smallest absolute Gasteiger partial charge is 0.282 e. The van der Waals surface area contributed by atoms with Gasteiger partial charge in [0, 0.05) is 65.6 Å². The van der Waals surface area contributed by atoms with Crippen molar-refractivity contribution in [3.63, 3.8) is 0 Å². The van der Waals surface area contributed by atoms with Gasteiger partial charge >= 0.3 is 0 Å². The zero-order valence-electron chi connectivity index (χ0n) is 28.4. The molecule has 0 bridgehead atoms. The van der Waals surface area contributed by atoms with E-state index in [9.17, 15) is 16.8 Å². The van der Waals surface area contributed by atoms with Gasteiger partial charge < -0.3 is 14.5 Å². The summed E-state index contributed by atoms with van der Waals surface area (Å²) < 4.78 is 66.5. The largest absolute Gasteiger partial charge is 0.497 e. The summed E-state index contributed by atoms with van der Waals surface area (Å²) in [6, 6.07) is 12.7. The minimum atomic E-state index is -3.84. The van der Waals surface area contributed by atoms with Crippen LogP contribution >= 0.6 is 0 Å². The Balaban J connectivity index is 1.38. The summed E-state index contributed by atoms with van der Waals surface area (Å²) >= 11 is 0. The maximum Gasteiger partial charge on any atom is 0.282 e. The predicted octanol–water partition coefficient (Wildman–Crippen LogP) is 4.59. The Morgan fingerprint density at radius 2 is 1.40 bits per heavy atom. The van der Waals surface area contributed by atoms with Crippen LogP contribution < -0.4 is 9.64 Å². The number of fused-ring (bicyclic) bond motifs is 1. The predicted molar refractivity (Wildman–Crippen MR) is 189 cm³/mol. The molecule has 0 N–H and O–H groups in total. The summed E-state index contributed by atoms with van der Waals surface area (Å²) in [4.78, 5) is 4.61. The molecule has 47 heavy (non-hydrogen) atoms. The van der Waals surface area contributed by atoms with E-state index in [-0.39, 0.29) is 18.0 Å². The highest BCUT2D eigenvalue weighted by Gasteiger charge is 2.34. The lowest BCUT2D eigenvalue weighted by atomic mass is 9.89. The molecule has 2 aromatic rings. The minimum Gasteiger partial charge on any atom is -0.497 e. The van der Waals surface area contributed by atoms with E-state index in [2.05, 4.69) is 11.5 Å². The zero-order chi connectivity index (χ0) is 33.6. The molecule has 10 nitrogen and oxygen atoms in total. The first-order valence-electron chi connectivity index (χ1n) is 17.0. The van der Waals surface area contributed by atoms with E-state index < -0.39 is 20.2 Å². The van der Waals surface area contributed by atoms with Gasteiger partial charge in [-0.05, 0) is 104 Å². The lowest BCUT2D eigenvalue weighted by molar-refractivity contribution is 0.187. The summed E-state index contributed by atoms with van der Waals surface area (Å²) in [5.74, 6) is 1.41. The second kappa shape index (κ2) is 15.8. The van der Waals surface area contributed by atoms with Gasteiger partial charge in [-0.1, -0.05) is 31.9 Å². The van der Waals surface area contributed by atoms with Crippen LogP contribution in [0.2, 0.25) is 0 Å². The van der Waals surface area contributed by atoms with E-state index in [4.69, 9.17) is 4.74 Å². The third-order valence-electron chi connectivity index (χ3n) is 9.84. The van der Waals surface area contributed by atoms with Gasteiger partial charge in [-0.15, -0.1) is 0 Å². The topological polar surface area (TPSA) is 93.7 Å². The molecule has 2 aliphatic heterocycles. The summed E-state index contributed by atoms with van der Waals surface area (Å²) in [7, 11) is -2.21. The van der Waals surface area contributed by atoms with Crippen molar-refractivity contribution in [2.75, 3.05) is 78.5 Å². The molecule has 1 saturated heterocycles. The average Bonchev–Trinajstić information content (AvgIpc) is 3.06. The molecule has 0 atom stereocenters. The fraction of sp³-hybridized carbons (Fsp3) is 0.600. The molecule has 0 aromatic heterocycles. The third kappa shape index (κ3) is 8.96. The van der Waals surface area contributed by atoms with Gasteiger partial charge in [0.2, 0.25) is 10.0 Å². The molecule has 0 radical (unpaired) electrons. The highest BCUT2D eigenvalue weighted by molar-refractivity contribution is 7.89. The van der Waals surface area contributed by atoms with Crippen molar-refractivity contribution in [1.82, 2.24) is 17.8 Å². The van der Waals surface area contributed by atoms with Gasteiger partial charge in [-0.25, -0.2) is 8.42 Å². The van der Waals surface area contributed by atoms with Crippen LogP contribution in [0.1, 0.15) is 56.1 Å². The first-order chi connectivity index (χ1) is 22.5. The molecule has 3 aliphatic rings. The molecule has 0 spiro atoms. The molecular formula is C35H53N5O5S2.